The highest BCUT2D eigenvalue weighted by atomic mass is 32.2. The van der Waals surface area contributed by atoms with Crippen molar-refractivity contribution in [2.45, 2.75) is 193 Å². The van der Waals surface area contributed by atoms with Crippen molar-refractivity contribution >= 4 is 37.4 Å². The van der Waals surface area contributed by atoms with Crippen molar-refractivity contribution in [3.8, 4) is 11.5 Å². The fraction of sp³-hybridized carbons (Fsp3) is 0.755. The number of rotatable bonds is 14. The number of halogens is 11. The molecule has 2 aromatic carbocycles. The Bertz CT molecular complexity index is 1980. The fourth-order valence-corrected chi connectivity index (χ4v) is 14.0. The SMILES string of the molecule is C.CCCCCC1CCC(C2CCC(C(F)(F)Oc3cc(F)c(F)c(F)c3)CC2)CC1.CCCCCC1CCC(C2CCC(C3=[S+]CCCS3)CC2)CC1.O=S(=O)([O-])C(F)(F)F.Oc1cc(F)c(F)c(F)c1. The molecule has 19 heteroatoms. The van der Waals surface area contributed by atoms with E-state index in [0.29, 0.717) is 48.9 Å². The minimum Gasteiger partial charge on any atom is -0.741 e. The van der Waals surface area contributed by atoms with Crippen molar-refractivity contribution in [3.05, 3.63) is 59.2 Å². The summed E-state index contributed by atoms with van der Waals surface area (Å²) in [6.07, 6.45) is 28.3. The maximum Gasteiger partial charge on any atom is 0.485 e. The lowest BCUT2D eigenvalue weighted by Crippen LogP contribution is -2.38. The van der Waals surface area contributed by atoms with Crippen LogP contribution in [-0.4, -0.2) is 45.4 Å². The van der Waals surface area contributed by atoms with Gasteiger partial charge >= 0.3 is 11.6 Å². The van der Waals surface area contributed by atoms with Gasteiger partial charge in [-0.3, -0.25) is 0 Å². The highest BCUT2D eigenvalue weighted by molar-refractivity contribution is 8.23. The molecule has 1 N–H and O–H groups in total. The lowest BCUT2D eigenvalue weighted by Gasteiger charge is -2.39. The molecule has 0 unspecified atom stereocenters. The second-order valence-electron chi connectivity index (χ2n) is 20.1. The van der Waals surface area contributed by atoms with Gasteiger partial charge in [-0.25, -0.2) is 34.8 Å². The number of benzene rings is 2. The molecule has 72 heavy (non-hydrogen) atoms. The molecule has 414 valence electrons. The van der Waals surface area contributed by atoms with Crippen molar-refractivity contribution in [2.75, 3.05) is 11.5 Å². The lowest BCUT2D eigenvalue weighted by atomic mass is 9.68. The van der Waals surface area contributed by atoms with Gasteiger partial charge in [-0.15, -0.1) is 0 Å². The van der Waals surface area contributed by atoms with Gasteiger partial charge in [-0.05, 0) is 113 Å². The van der Waals surface area contributed by atoms with E-state index in [9.17, 15) is 48.3 Å². The number of hydrogen-bond acceptors (Lipinski definition) is 6. The van der Waals surface area contributed by atoms with E-state index in [-0.39, 0.29) is 7.43 Å². The number of hydrogen-bond donors (Lipinski definition) is 1. The second kappa shape index (κ2) is 31.0. The fourth-order valence-electron chi connectivity index (χ4n) is 11.1. The zero-order valence-corrected chi connectivity index (χ0v) is 43.4. The number of aromatic hydroxyl groups is 1. The van der Waals surface area contributed by atoms with Gasteiger partial charge in [0.25, 0.3) is 0 Å². The van der Waals surface area contributed by atoms with Gasteiger partial charge in [-0.1, -0.05) is 110 Å². The van der Waals surface area contributed by atoms with E-state index < -0.39 is 74.1 Å². The molecule has 0 amide bonds. The first kappa shape index (κ1) is 63.9. The third kappa shape index (κ3) is 21.0. The number of alkyl halides is 5. The summed E-state index contributed by atoms with van der Waals surface area (Å²) in [4.78, 5) is 0. The lowest BCUT2D eigenvalue weighted by molar-refractivity contribution is -0.224. The second-order valence-corrected chi connectivity index (χ2v) is 24.0. The van der Waals surface area contributed by atoms with Gasteiger partial charge in [0.15, 0.2) is 62.1 Å². The number of thioether (sulfide) groups is 1. The van der Waals surface area contributed by atoms with Crippen LogP contribution in [0.5, 0.6) is 11.5 Å². The highest BCUT2D eigenvalue weighted by Crippen LogP contribution is 2.47. The number of unbranched alkanes of at least 4 members (excludes halogenated alkanes) is 4. The minimum absolute atomic E-state index is 0. The largest absolute Gasteiger partial charge is 0.741 e. The Labute approximate surface area is 429 Å². The molecule has 0 spiro atoms. The normalized spacial score (nSPS) is 25.9. The Hall–Kier alpha value is -2.38. The number of ether oxygens (including phenoxy) is 1. The standard InChI is InChI=1S/C24H33F5O.C21H37S2.C6H3F3O.CHF3O3S.CH4/c1-2-3-4-5-16-6-8-17(9-7-16)18-10-12-19(13-11-18)24(28,29)30-20-14-21(25)23(27)22(26)15-20;1-2-3-4-6-17-7-9-18(10-8-17)19-11-13-20(14-12-19)21-22-15-5-16-23-21;7-4-1-3(10)2-5(8)6(4)9;2-1(3,4)8(5,6)7;/h14-19H,2-13H2,1H3;17-20H,2-16H2,1H3;1-2,10H;(H,5,6,7);1H4/q;+1;;;/p-1. The molecular weight excluding hydrogens is 1020 g/mol. The molecule has 4 aliphatic carbocycles. The molecule has 4 saturated carbocycles. The van der Waals surface area contributed by atoms with Crippen molar-refractivity contribution in [1.82, 2.24) is 0 Å². The number of phenols is 1. The summed E-state index contributed by atoms with van der Waals surface area (Å²) in [7, 11) is -6.09. The van der Waals surface area contributed by atoms with Gasteiger partial charge in [0.1, 0.15) is 11.5 Å². The zero-order chi connectivity index (χ0) is 52.4. The van der Waals surface area contributed by atoms with E-state index in [4.69, 9.17) is 18.1 Å². The van der Waals surface area contributed by atoms with Crippen molar-refractivity contribution < 1.29 is 71.1 Å². The van der Waals surface area contributed by atoms with Crippen molar-refractivity contribution in [1.29, 1.82) is 0 Å². The van der Waals surface area contributed by atoms with Crippen LogP contribution in [0.25, 0.3) is 0 Å². The van der Waals surface area contributed by atoms with Gasteiger partial charge in [-0.2, -0.15) is 22.0 Å². The molecule has 0 atom stereocenters. The van der Waals surface area contributed by atoms with Crippen LogP contribution in [0.15, 0.2) is 24.3 Å². The van der Waals surface area contributed by atoms with Crippen LogP contribution in [0.1, 0.15) is 182 Å². The smallest absolute Gasteiger partial charge is 0.485 e. The Morgan fingerprint density at radius 1 is 0.625 bits per heavy atom. The first-order valence-electron chi connectivity index (χ1n) is 25.7. The third-order valence-corrected chi connectivity index (χ3v) is 18.6. The summed E-state index contributed by atoms with van der Waals surface area (Å²) in [5, 5.41) is 8.47. The molecule has 2 aromatic rings. The van der Waals surface area contributed by atoms with Gasteiger partial charge in [0.05, 0.1) is 5.92 Å². The highest BCUT2D eigenvalue weighted by Gasteiger charge is 2.45. The average molecular weight is 1100 g/mol. The molecular formula is C53H77F11O5S3. The third-order valence-electron chi connectivity index (χ3n) is 15.1. The van der Waals surface area contributed by atoms with Crippen molar-refractivity contribution in [3.63, 3.8) is 0 Å². The summed E-state index contributed by atoms with van der Waals surface area (Å²) < 4.78 is 170. The Morgan fingerprint density at radius 3 is 1.36 bits per heavy atom. The molecule has 0 aromatic heterocycles. The van der Waals surface area contributed by atoms with Crippen LogP contribution in [0.3, 0.4) is 0 Å². The van der Waals surface area contributed by atoms with E-state index in [1.165, 1.54) is 108 Å². The molecule has 7 rings (SSSR count). The predicted octanol–water partition coefficient (Wildman–Crippen LogP) is 17.3. The summed E-state index contributed by atoms with van der Waals surface area (Å²) in [5.74, 6) is -2.45. The van der Waals surface area contributed by atoms with Crippen LogP contribution >= 0.6 is 11.8 Å². The van der Waals surface area contributed by atoms with E-state index in [1.807, 2.05) is 4.20 Å². The molecule has 4 fully saturated rings. The van der Waals surface area contributed by atoms with Gasteiger partial charge < -0.3 is 14.4 Å². The zero-order valence-electron chi connectivity index (χ0n) is 41.0. The number of phenolic OH excluding ortho intramolecular Hbond substituents is 1. The summed E-state index contributed by atoms with van der Waals surface area (Å²) in [5.41, 5.74) is -5.65. The van der Waals surface area contributed by atoms with Crippen LogP contribution in [0, 0.1) is 82.2 Å². The topological polar surface area (TPSA) is 86.7 Å². The molecule has 5 aliphatic rings. The Kier molecular flexibility index (Phi) is 27.5. The van der Waals surface area contributed by atoms with Crippen LogP contribution in [-0.2, 0) is 21.5 Å². The first-order valence-corrected chi connectivity index (χ1v) is 29.1. The monoisotopic (exact) mass is 1100 g/mol. The van der Waals surface area contributed by atoms with Gasteiger partial charge in [0.2, 0.25) is 4.20 Å². The Balaban J connectivity index is 0.000000285. The molecule has 0 radical (unpaired) electrons. The molecule has 1 aliphatic heterocycles. The molecule has 5 nitrogen and oxygen atoms in total. The summed E-state index contributed by atoms with van der Waals surface area (Å²) >= 11 is 4.39. The molecule has 0 bridgehead atoms. The van der Waals surface area contributed by atoms with Crippen LogP contribution < -0.4 is 4.74 Å². The predicted molar refractivity (Wildman–Crippen MR) is 267 cm³/mol. The van der Waals surface area contributed by atoms with E-state index >= 15 is 0 Å². The van der Waals surface area contributed by atoms with E-state index in [2.05, 4.69) is 41.7 Å². The van der Waals surface area contributed by atoms with E-state index in [1.54, 1.807) is 38.5 Å². The van der Waals surface area contributed by atoms with Crippen LogP contribution in [0.2, 0.25) is 0 Å². The average Bonchev–Trinajstić information content (AvgIpc) is 3.33. The molecule has 1 heterocycles. The van der Waals surface area contributed by atoms with Crippen molar-refractivity contribution in [2.24, 2.45) is 47.3 Å². The molecule has 0 saturated heterocycles. The summed E-state index contributed by atoms with van der Waals surface area (Å²) in [6, 6.07) is 1.94. The maximum absolute atomic E-state index is 14.6. The minimum atomic E-state index is -6.09. The quantitative estimate of drug-likeness (QED) is 0.0386. The Morgan fingerprint density at radius 2 is 1.00 bits per heavy atom. The van der Waals surface area contributed by atoms with E-state index in [0.717, 1.165) is 42.4 Å². The van der Waals surface area contributed by atoms with Gasteiger partial charge in [0, 0.05) is 42.4 Å². The summed E-state index contributed by atoms with van der Waals surface area (Å²) in [6.45, 7) is 4.55. The first-order chi connectivity index (χ1) is 33.5. The maximum atomic E-state index is 14.6. The van der Waals surface area contributed by atoms with Crippen LogP contribution in [0.4, 0.5) is 48.3 Å².